The molecule has 0 heterocycles. The average molecular weight is 324 g/mol. The van der Waals surface area contributed by atoms with Crippen LogP contribution in [0.5, 0.6) is 5.75 Å². The fourth-order valence-electron chi connectivity index (χ4n) is 1.98. The lowest BCUT2D eigenvalue weighted by Crippen LogP contribution is -2.04. The SMILES string of the molecule is CCCOc1cc(C)ccc1NCc1cccc(Cl)c1Cl. The third kappa shape index (κ3) is 4.29. The highest BCUT2D eigenvalue weighted by Gasteiger charge is 2.07. The maximum atomic E-state index is 6.20. The fourth-order valence-corrected chi connectivity index (χ4v) is 2.37. The maximum Gasteiger partial charge on any atom is 0.142 e. The van der Waals surface area contributed by atoms with E-state index in [1.165, 1.54) is 5.56 Å². The minimum atomic E-state index is 0.572. The van der Waals surface area contributed by atoms with Crippen molar-refractivity contribution in [3.8, 4) is 5.75 Å². The molecule has 2 nitrogen and oxygen atoms in total. The average Bonchev–Trinajstić information content (AvgIpc) is 2.48. The molecular weight excluding hydrogens is 305 g/mol. The van der Waals surface area contributed by atoms with Gasteiger partial charge in [0.05, 0.1) is 22.3 Å². The van der Waals surface area contributed by atoms with E-state index in [2.05, 4.69) is 25.2 Å². The predicted octanol–water partition coefficient (Wildman–Crippen LogP) is 5.70. The minimum absolute atomic E-state index is 0.572. The number of ether oxygens (including phenoxy) is 1. The molecule has 0 saturated heterocycles. The molecule has 0 atom stereocenters. The molecule has 0 unspecified atom stereocenters. The van der Waals surface area contributed by atoms with Crippen molar-refractivity contribution in [1.29, 1.82) is 0 Å². The first-order valence-electron chi connectivity index (χ1n) is 7.02. The van der Waals surface area contributed by atoms with Gasteiger partial charge in [-0.2, -0.15) is 0 Å². The molecule has 0 radical (unpaired) electrons. The molecule has 2 aromatic rings. The standard InChI is InChI=1S/C17H19Cl2NO/c1-3-9-21-16-10-12(2)7-8-15(16)20-11-13-5-4-6-14(18)17(13)19/h4-8,10,20H,3,9,11H2,1-2H3. The second-order valence-corrected chi connectivity index (χ2v) is 5.70. The van der Waals surface area contributed by atoms with Crippen LogP contribution in [-0.4, -0.2) is 6.61 Å². The van der Waals surface area contributed by atoms with Gasteiger partial charge in [-0.3, -0.25) is 0 Å². The first-order chi connectivity index (χ1) is 10.1. The maximum absolute atomic E-state index is 6.20. The highest BCUT2D eigenvalue weighted by molar-refractivity contribution is 6.42. The summed E-state index contributed by atoms with van der Waals surface area (Å²) in [7, 11) is 0. The van der Waals surface area contributed by atoms with E-state index >= 15 is 0 Å². The summed E-state index contributed by atoms with van der Waals surface area (Å²) in [4.78, 5) is 0. The van der Waals surface area contributed by atoms with Gasteiger partial charge in [0.25, 0.3) is 0 Å². The van der Waals surface area contributed by atoms with Crippen LogP contribution in [0.25, 0.3) is 0 Å². The van der Waals surface area contributed by atoms with E-state index in [0.717, 1.165) is 23.4 Å². The number of hydrogen-bond acceptors (Lipinski definition) is 2. The lowest BCUT2D eigenvalue weighted by atomic mass is 10.2. The number of benzene rings is 2. The summed E-state index contributed by atoms with van der Waals surface area (Å²) in [5.41, 5.74) is 3.10. The first kappa shape index (κ1) is 16.0. The van der Waals surface area contributed by atoms with Crippen LogP contribution in [0.15, 0.2) is 36.4 Å². The molecule has 0 aromatic heterocycles. The Labute approximate surface area is 136 Å². The number of nitrogens with one attached hydrogen (secondary N) is 1. The Bertz CT molecular complexity index is 614. The summed E-state index contributed by atoms with van der Waals surface area (Å²) in [6.45, 7) is 5.45. The van der Waals surface area contributed by atoms with Gasteiger partial charge in [0.2, 0.25) is 0 Å². The van der Waals surface area contributed by atoms with Crippen LogP contribution < -0.4 is 10.1 Å². The number of anilines is 1. The van der Waals surface area contributed by atoms with E-state index in [1.807, 2.05) is 24.3 Å². The summed E-state index contributed by atoms with van der Waals surface area (Å²) < 4.78 is 5.79. The zero-order chi connectivity index (χ0) is 15.2. The summed E-state index contributed by atoms with van der Waals surface area (Å²) in [5.74, 6) is 0.870. The molecule has 2 rings (SSSR count). The monoisotopic (exact) mass is 323 g/mol. The smallest absolute Gasteiger partial charge is 0.142 e. The van der Waals surface area contributed by atoms with Gasteiger partial charge in [-0.05, 0) is 42.7 Å². The van der Waals surface area contributed by atoms with Crippen LogP contribution in [-0.2, 0) is 6.54 Å². The van der Waals surface area contributed by atoms with Gasteiger partial charge in [-0.25, -0.2) is 0 Å². The van der Waals surface area contributed by atoms with E-state index in [0.29, 0.717) is 23.2 Å². The van der Waals surface area contributed by atoms with E-state index in [-0.39, 0.29) is 0 Å². The Morgan fingerprint density at radius 1 is 1.14 bits per heavy atom. The number of hydrogen-bond donors (Lipinski definition) is 1. The molecule has 21 heavy (non-hydrogen) atoms. The number of rotatable bonds is 6. The number of halogens is 2. The van der Waals surface area contributed by atoms with E-state index in [4.69, 9.17) is 27.9 Å². The molecule has 0 bridgehead atoms. The highest BCUT2D eigenvalue weighted by Crippen LogP contribution is 2.29. The minimum Gasteiger partial charge on any atom is -0.491 e. The summed E-state index contributed by atoms with van der Waals surface area (Å²) in [5, 5.41) is 4.53. The van der Waals surface area contributed by atoms with Gasteiger partial charge in [0.15, 0.2) is 0 Å². The lowest BCUT2D eigenvalue weighted by molar-refractivity contribution is 0.318. The van der Waals surface area contributed by atoms with Crippen molar-refractivity contribution in [1.82, 2.24) is 0 Å². The molecule has 4 heteroatoms. The van der Waals surface area contributed by atoms with Crippen molar-refractivity contribution in [2.24, 2.45) is 0 Å². The highest BCUT2D eigenvalue weighted by atomic mass is 35.5. The van der Waals surface area contributed by atoms with Crippen molar-refractivity contribution >= 4 is 28.9 Å². The van der Waals surface area contributed by atoms with Crippen LogP contribution in [0, 0.1) is 6.92 Å². The van der Waals surface area contributed by atoms with Crippen molar-refractivity contribution in [2.75, 3.05) is 11.9 Å². The van der Waals surface area contributed by atoms with Gasteiger partial charge in [-0.15, -0.1) is 0 Å². The third-order valence-corrected chi connectivity index (χ3v) is 3.96. The van der Waals surface area contributed by atoms with Crippen molar-refractivity contribution in [3.63, 3.8) is 0 Å². The first-order valence-corrected chi connectivity index (χ1v) is 7.77. The van der Waals surface area contributed by atoms with Crippen LogP contribution >= 0.6 is 23.2 Å². The van der Waals surface area contributed by atoms with Crippen LogP contribution in [0.1, 0.15) is 24.5 Å². The zero-order valence-electron chi connectivity index (χ0n) is 12.2. The number of aryl methyl sites for hydroxylation is 1. The normalized spacial score (nSPS) is 10.5. The largest absolute Gasteiger partial charge is 0.491 e. The van der Waals surface area contributed by atoms with Crippen LogP contribution in [0.3, 0.4) is 0 Å². The van der Waals surface area contributed by atoms with Gasteiger partial charge >= 0.3 is 0 Å². The summed E-state index contributed by atoms with van der Waals surface area (Å²) in [6, 6.07) is 11.8. The molecular formula is C17H19Cl2NO. The lowest BCUT2D eigenvalue weighted by Gasteiger charge is -2.14. The quantitative estimate of drug-likeness (QED) is 0.735. The Kier molecular flexibility index (Phi) is 5.77. The predicted molar refractivity (Wildman–Crippen MR) is 90.8 cm³/mol. The topological polar surface area (TPSA) is 21.3 Å². The van der Waals surface area contributed by atoms with Crippen molar-refractivity contribution in [2.45, 2.75) is 26.8 Å². The molecule has 1 N–H and O–H groups in total. The molecule has 0 saturated carbocycles. The van der Waals surface area contributed by atoms with Crippen LogP contribution in [0.2, 0.25) is 10.0 Å². The van der Waals surface area contributed by atoms with Crippen LogP contribution in [0.4, 0.5) is 5.69 Å². The second-order valence-electron chi connectivity index (χ2n) is 4.91. The van der Waals surface area contributed by atoms with Gasteiger partial charge in [0, 0.05) is 6.54 Å². The molecule has 0 aliphatic carbocycles. The molecule has 0 aliphatic rings. The van der Waals surface area contributed by atoms with Gasteiger partial charge < -0.3 is 10.1 Å². The van der Waals surface area contributed by atoms with E-state index in [9.17, 15) is 0 Å². The third-order valence-electron chi connectivity index (χ3n) is 3.10. The molecule has 0 spiro atoms. The van der Waals surface area contributed by atoms with Crippen molar-refractivity contribution < 1.29 is 4.74 Å². The molecule has 0 aliphatic heterocycles. The van der Waals surface area contributed by atoms with E-state index < -0.39 is 0 Å². The van der Waals surface area contributed by atoms with Gasteiger partial charge in [0.1, 0.15) is 5.75 Å². The molecule has 0 amide bonds. The zero-order valence-corrected chi connectivity index (χ0v) is 13.8. The fraction of sp³-hybridized carbons (Fsp3) is 0.294. The second kappa shape index (κ2) is 7.58. The molecule has 0 fully saturated rings. The van der Waals surface area contributed by atoms with Gasteiger partial charge in [-0.1, -0.05) is 48.3 Å². The Morgan fingerprint density at radius 3 is 2.71 bits per heavy atom. The Morgan fingerprint density at radius 2 is 1.95 bits per heavy atom. The summed E-state index contributed by atoms with van der Waals surface area (Å²) in [6.07, 6.45) is 0.980. The molecule has 112 valence electrons. The Hall–Kier alpha value is -1.38. The van der Waals surface area contributed by atoms with E-state index in [1.54, 1.807) is 6.07 Å². The molecule has 2 aromatic carbocycles. The summed E-state index contributed by atoms with van der Waals surface area (Å²) >= 11 is 12.2. The Balaban J connectivity index is 2.14. The van der Waals surface area contributed by atoms with Crippen molar-refractivity contribution in [3.05, 3.63) is 57.6 Å².